The van der Waals surface area contributed by atoms with Gasteiger partial charge in [-0.15, -0.1) is 0 Å². The third-order valence-electron chi connectivity index (χ3n) is 2.68. The maximum Gasteiger partial charge on any atom is 0.240 e. The predicted molar refractivity (Wildman–Crippen MR) is 78.6 cm³/mol. The highest BCUT2D eigenvalue weighted by Crippen LogP contribution is 2.34. The molecule has 0 unspecified atom stereocenters. The monoisotopic (exact) mass is 330 g/mol. The molecule has 0 heterocycles. The van der Waals surface area contributed by atoms with Crippen LogP contribution in [0.15, 0.2) is 41.3 Å². The molecular formula is C13H12ClFN2O3S. The van der Waals surface area contributed by atoms with Crippen LogP contribution in [-0.2, 0) is 10.0 Å². The van der Waals surface area contributed by atoms with Crippen LogP contribution in [0.1, 0.15) is 0 Å². The summed E-state index contributed by atoms with van der Waals surface area (Å²) in [5.74, 6) is -0.226. The van der Waals surface area contributed by atoms with E-state index in [0.29, 0.717) is 0 Å². The molecule has 0 fully saturated rings. The van der Waals surface area contributed by atoms with Crippen molar-refractivity contribution in [3.63, 3.8) is 0 Å². The highest BCUT2D eigenvalue weighted by Gasteiger charge is 2.15. The van der Waals surface area contributed by atoms with Gasteiger partial charge in [-0.05, 0) is 37.4 Å². The number of anilines is 1. The molecule has 0 bridgehead atoms. The molecule has 0 aliphatic heterocycles. The maximum absolute atomic E-state index is 13.0. The molecule has 0 radical (unpaired) electrons. The summed E-state index contributed by atoms with van der Waals surface area (Å²) < 4.78 is 44.1. The molecule has 21 heavy (non-hydrogen) atoms. The SMILES string of the molecule is CNS(=O)(=O)c1ccc(N)c(Oc2ccc(F)cc2Cl)c1. The first-order chi connectivity index (χ1) is 9.83. The van der Waals surface area contributed by atoms with Gasteiger partial charge in [-0.3, -0.25) is 0 Å². The topological polar surface area (TPSA) is 81.4 Å². The first kappa shape index (κ1) is 15.6. The van der Waals surface area contributed by atoms with Crippen LogP contribution in [-0.4, -0.2) is 15.5 Å². The lowest BCUT2D eigenvalue weighted by Crippen LogP contribution is -2.18. The molecule has 0 aliphatic carbocycles. The summed E-state index contributed by atoms with van der Waals surface area (Å²) in [5, 5.41) is 0.0521. The zero-order valence-electron chi connectivity index (χ0n) is 10.9. The normalized spacial score (nSPS) is 11.4. The minimum Gasteiger partial charge on any atom is -0.454 e. The third kappa shape index (κ3) is 3.44. The first-order valence-corrected chi connectivity index (χ1v) is 7.65. The lowest BCUT2D eigenvalue weighted by atomic mass is 10.3. The first-order valence-electron chi connectivity index (χ1n) is 5.79. The summed E-state index contributed by atoms with van der Waals surface area (Å²) in [5.41, 5.74) is 5.97. The van der Waals surface area contributed by atoms with Crippen molar-refractivity contribution >= 4 is 27.3 Å². The van der Waals surface area contributed by atoms with Gasteiger partial charge in [-0.1, -0.05) is 11.6 Å². The standard InChI is InChI=1S/C13H12ClFN2O3S/c1-17-21(18,19)9-3-4-11(16)13(7-9)20-12-5-2-8(15)6-10(12)14/h2-7,17H,16H2,1H3. The summed E-state index contributed by atoms with van der Waals surface area (Å²) in [6, 6.07) is 7.60. The largest absolute Gasteiger partial charge is 0.454 e. The maximum atomic E-state index is 13.0. The number of sulfonamides is 1. The molecule has 112 valence electrons. The van der Waals surface area contributed by atoms with Gasteiger partial charge < -0.3 is 10.5 Å². The number of halogens is 2. The summed E-state index contributed by atoms with van der Waals surface area (Å²) in [7, 11) is -2.33. The van der Waals surface area contributed by atoms with E-state index in [1.54, 1.807) is 0 Å². The van der Waals surface area contributed by atoms with E-state index in [2.05, 4.69) is 4.72 Å². The van der Waals surface area contributed by atoms with Crippen molar-refractivity contribution in [3.05, 3.63) is 47.2 Å². The molecule has 2 aromatic carbocycles. The van der Waals surface area contributed by atoms with E-state index >= 15 is 0 Å². The molecule has 8 heteroatoms. The van der Waals surface area contributed by atoms with Crippen LogP contribution in [0, 0.1) is 5.82 Å². The minimum atomic E-state index is -3.63. The van der Waals surface area contributed by atoms with E-state index in [-0.39, 0.29) is 27.1 Å². The van der Waals surface area contributed by atoms with Crippen LogP contribution in [0.25, 0.3) is 0 Å². The van der Waals surface area contributed by atoms with Crippen molar-refractivity contribution in [2.45, 2.75) is 4.90 Å². The summed E-state index contributed by atoms with van der Waals surface area (Å²) in [4.78, 5) is -0.00701. The molecule has 0 amide bonds. The van der Waals surface area contributed by atoms with Crippen LogP contribution < -0.4 is 15.2 Å². The van der Waals surface area contributed by atoms with Gasteiger partial charge in [0.25, 0.3) is 0 Å². The molecule has 0 aromatic heterocycles. The molecule has 0 saturated carbocycles. The van der Waals surface area contributed by atoms with Crippen molar-refractivity contribution in [3.8, 4) is 11.5 Å². The molecule has 5 nitrogen and oxygen atoms in total. The Labute approximate surface area is 126 Å². The van der Waals surface area contributed by atoms with E-state index in [9.17, 15) is 12.8 Å². The van der Waals surface area contributed by atoms with Crippen LogP contribution in [0.4, 0.5) is 10.1 Å². The van der Waals surface area contributed by atoms with Crippen molar-refractivity contribution in [1.82, 2.24) is 4.72 Å². The lowest BCUT2D eigenvalue weighted by Gasteiger charge is -2.11. The second-order valence-corrected chi connectivity index (χ2v) is 6.38. The molecule has 2 rings (SSSR count). The van der Waals surface area contributed by atoms with E-state index in [1.165, 1.54) is 37.4 Å². The van der Waals surface area contributed by atoms with Crippen molar-refractivity contribution in [2.24, 2.45) is 0 Å². The summed E-state index contributed by atoms with van der Waals surface area (Å²) in [6.45, 7) is 0. The van der Waals surface area contributed by atoms with Gasteiger partial charge in [0.15, 0.2) is 5.75 Å². The second kappa shape index (κ2) is 5.88. The zero-order chi connectivity index (χ0) is 15.6. The number of nitrogens with one attached hydrogen (secondary N) is 1. The number of ether oxygens (including phenoxy) is 1. The number of nitrogens with two attached hydrogens (primary N) is 1. The molecule has 0 saturated heterocycles. The molecular weight excluding hydrogens is 319 g/mol. The van der Waals surface area contributed by atoms with E-state index in [0.717, 1.165) is 6.07 Å². The average Bonchev–Trinajstić information content (AvgIpc) is 2.43. The van der Waals surface area contributed by atoms with Crippen molar-refractivity contribution in [1.29, 1.82) is 0 Å². The Balaban J connectivity index is 2.42. The molecule has 3 N–H and O–H groups in total. The van der Waals surface area contributed by atoms with Crippen LogP contribution in [0.3, 0.4) is 0 Å². The Morgan fingerprint density at radius 2 is 1.90 bits per heavy atom. The summed E-state index contributed by atoms with van der Waals surface area (Å²) in [6.07, 6.45) is 0. The number of hydrogen-bond donors (Lipinski definition) is 2. The predicted octanol–water partition coefficient (Wildman–Crippen LogP) is 2.76. The second-order valence-electron chi connectivity index (χ2n) is 4.08. The van der Waals surface area contributed by atoms with E-state index < -0.39 is 15.8 Å². The van der Waals surface area contributed by atoms with Gasteiger partial charge >= 0.3 is 0 Å². The Morgan fingerprint density at radius 3 is 2.52 bits per heavy atom. The number of hydrogen-bond acceptors (Lipinski definition) is 4. The fraction of sp³-hybridized carbons (Fsp3) is 0.0769. The molecule has 0 spiro atoms. The summed E-state index contributed by atoms with van der Waals surface area (Å²) >= 11 is 5.85. The van der Waals surface area contributed by atoms with E-state index in [4.69, 9.17) is 22.1 Å². The van der Waals surface area contributed by atoms with Crippen molar-refractivity contribution < 1.29 is 17.5 Å². The quantitative estimate of drug-likeness (QED) is 0.845. The highest BCUT2D eigenvalue weighted by molar-refractivity contribution is 7.89. The third-order valence-corrected chi connectivity index (χ3v) is 4.39. The molecule has 2 aromatic rings. The van der Waals surface area contributed by atoms with Gasteiger partial charge in [-0.2, -0.15) is 0 Å². The van der Waals surface area contributed by atoms with Crippen LogP contribution in [0.2, 0.25) is 5.02 Å². The zero-order valence-corrected chi connectivity index (χ0v) is 12.5. The minimum absolute atomic E-state index is 0.00701. The Morgan fingerprint density at radius 1 is 1.19 bits per heavy atom. The van der Waals surface area contributed by atoms with E-state index in [1.807, 2.05) is 0 Å². The van der Waals surface area contributed by atoms with Gasteiger partial charge in [0.2, 0.25) is 10.0 Å². The average molecular weight is 331 g/mol. The number of rotatable bonds is 4. The number of benzene rings is 2. The molecule has 0 atom stereocenters. The highest BCUT2D eigenvalue weighted by atomic mass is 35.5. The van der Waals surface area contributed by atoms with Gasteiger partial charge in [-0.25, -0.2) is 17.5 Å². The fourth-order valence-corrected chi connectivity index (χ4v) is 2.52. The van der Waals surface area contributed by atoms with Gasteiger partial charge in [0.05, 0.1) is 15.6 Å². The van der Waals surface area contributed by atoms with Gasteiger partial charge in [0.1, 0.15) is 11.6 Å². The Kier molecular flexibility index (Phi) is 4.36. The lowest BCUT2D eigenvalue weighted by molar-refractivity contribution is 0.481. The van der Waals surface area contributed by atoms with Crippen LogP contribution in [0.5, 0.6) is 11.5 Å². The van der Waals surface area contributed by atoms with Crippen LogP contribution >= 0.6 is 11.6 Å². The smallest absolute Gasteiger partial charge is 0.240 e. The number of nitrogen functional groups attached to an aromatic ring is 1. The molecule has 0 aliphatic rings. The van der Waals surface area contributed by atoms with Gasteiger partial charge in [0, 0.05) is 6.07 Å². The Bertz CT molecular complexity index is 781. The Hall–Kier alpha value is -1.83. The van der Waals surface area contributed by atoms with Crippen molar-refractivity contribution in [2.75, 3.05) is 12.8 Å². The fourth-order valence-electron chi connectivity index (χ4n) is 1.56.